The van der Waals surface area contributed by atoms with Crippen molar-refractivity contribution in [2.75, 3.05) is 24.3 Å². The Balaban J connectivity index is 0.000000156. The second-order valence-electron chi connectivity index (χ2n) is 16.3. The molecule has 0 amide bonds. The zero-order valence-electron chi connectivity index (χ0n) is 40.5. The maximum absolute atomic E-state index is 12.6. The van der Waals surface area contributed by atoms with Crippen LogP contribution < -0.4 is 45.7 Å². The van der Waals surface area contributed by atoms with Gasteiger partial charge in [0.2, 0.25) is 0 Å². The minimum Gasteiger partial charge on any atom is -0.507 e. The number of aromatic nitrogens is 10. The van der Waals surface area contributed by atoms with Crippen molar-refractivity contribution in [3.63, 3.8) is 0 Å². The largest absolute Gasteiger partial charge is 0.534 e. The lowest BCUT2D eigenvalue weighted by atomic mass is 10.2. The second kappa shape index (κ2) is 23.9. The van der Waals surface area contributed by atoms with E-state index in [0.717, 1.165) is 55.2 Å². The number of rotatable bonds is 15. The highest BCUT2D eigenvalue weighted by Gasteiger charge is 2.49. The van der Waals surface area contributed by atoms with E-state index in [0.29, 0.717) is 40.4 Å². The maximum atomic E-state index is 12.6. The molecule has 0 unspecified atom stereocenters. The first kappa shape index (κ1) is 53.3. The van der Waals surface area contributed by atoms with E-state index in [9.17, 15) is 41.1 Å². The summed E-state index contributed by atoms with van der Waals surface area (Å²) in [7, 11) is -1.98. The van der Waals surface area contributed by atoms with Crippen LogP contribution in [-0.4, -0.2) is 82.2 Å². The lowest BCUT2D eigenvalue weighted by Gasteiger charge is -2.14. The third-order valence-electron chi connectivity index (χ3n) is 10.7. The summed E-state index contributed by atoms with van der Waals surface area (Å²) in [6, 6.07) is 37.6. The average Bonchev–Trinajstić information content (AvgIpc) is 3.44. The zero-order chi connectivity index (χ0) is 54.5. The summed E-state index contributed by atoms with van der Waals surface area (Å²) < 4.78 is 67.1. The van der Waals surface area contributed by atoms with Crippen molar-refractivity contribution in [2.45, 2.75) is 31.9 Å². The molecule has 0 atom stereocenters. The molecule has 0 bridgehead atoms. The van der Waals surface area contributed by atoms with Crippen LogP contribution in [0.25, 0.3) is 33.1 Å². The van der Waals surface area contributed by atoms with Gasteiger partial charge in [0.15, 0.2) is 22.7 Å². The van der Waals surface area contributed by atoms with E-state index in [1.54, 1.807) is 36.5 Å². The van der Waals surface area contributed by atoms with E-state index in [-0.39, 0.29) is 42.3 Å². The summed E-state index contributed by atoms with van der Waals surface area (Å²) in [5, 5.41) is 13.6. The minimum absolute atomic E-state index is 0.0408. The molecule has 26 heteroatoms. The van der Waals surface area contributed by atoms with E-state index in [4.69, 9.17) is 14.5 Å². The molecular weight excluding hydrogens is 1030 g/mol. The highest BCUT2D eigenvalue weighted by Crippen LogP contribution is 2.30. The van der Waals surface area contributed by atoms with Crippen LogP contribution in [0.15, 0.2) is 179 Å². The Hall–Kier alpha value is -9.98. The molecule has 10 aromatic rings. The number of aromatic hydroxyl groups is 1. The van der Waals surface area contributed by atoms with Crippen molar-refractivity contribution >= 4 is 54.7 Å². The Morgan fingerprint density at radius 1 is 0.584 bits per heavy atom. The van der Waals surface area contributed by atoms with E-state index in [1.807, 2.05) is 104 Å². The van der Waals surface area contributed by atoms with Crippen molar-refractivity contribution in [1.82, 2.24) is 49.1 Å². The van der Waals surface area contributed by atoms with Crippen LogP contribution in [0.3, 0.4) is 0 Å². The number of alkyl halides is 3. The number of pyridine rings is 2. The number of hydrogen-bond donors (Lipinski definition) is 2. The van der Waals surface area contributed by atoms with Gasteiger partial charge in [-0.15, -0.1) is 14.2 Å². The zero-order valence-corrected chi connectivity index (χ0v) is 41.3. The highest BCUT2D eigenvalue weighted by atomic mass is 32.2. The van der Waals surface area contributed by atoms with Crippen LogP contribution in [0.4, 0.5) is 24.7 Å². The fourth-order valence-corrected chi connectivity index (χ4v) is 7.42. The fraction of sp³-hybridized carbons (Fsp3) is 0.137. The molecule has 10 rings (SSSR count). The highest BCUT2D eigenvalue weighted by molar-refractivity contribution is 7.88. The number of nitrogens with one attached hydrogen (secondary N) is 1. The predicted molar refractivity (Wildman–Crippen MR) is 275 cm³/mol. The Morgan fingerprint density at radius 2 is 1.03 bits per heavy atom. The van der Waals surface area contributed by atoms with Crippen molar-refractivity contribution in [3.05, 3.63) is 218 Å². The molecule has 22 nitrogen and oxygen atoms in total. The van der Waals surface area contributed by atoms with E-state index in [1.165, 1.54) is 18.9 Å². The molecule has 0 radical (unpaired) electrons. The van der Waals surface area contributed by atoms with Crippen molar-refractivity contribution in [2.24, 2.45) is 0 Å². The van der Waals surface area contributed by atoms with Crippen LogP contribution in [0.2, 0.25) is 0 Å². The van der Waals surface area contributed by atoms with Gasteiger partial charge in [0.25, 0.3) is 11.1 Å². The van der Waals surface area contributed by atoms with Crippen LogP contribution in [0.1, 0.15) is 22.3 Å². The lowest BCUT2D eigenvalue weighted by Crippen LogP contribution is -2.31. The molecular formula is C51H43F3N12O10S. The van der Waals surface area contributed by atoms with Crippen LogP contribution >= 0.6 is 0 Å². The van der Waals surface area contributed by atoms with Crippen LogP contribution in [-0.2, 0) is 36.5 Å². The van der Waals surface area contributed by atoms with Gasteiger partial charge in [0.1, 0.15) is 50.4 Å². The molecule has 4 aromatic carbocycles. The van der Waals surface area contributed by atoms with Gasteiger partial charge in [0.05, 0.1) is 22.2 Å². The fourth-order valence-electron chi connectivity index (χ4n) is 6.95. The predicted octanol–water partition coefficient (Wildman–Crippen LogP) is 5.27. The Labute approximate surface area is 433 Å². The van der Waals surface area contributed by atoms with Gasteiger partial charge >= 0.3 is 21.3 Å². The van der Waals surface area contributed by atoms with Crippen molar-refractivity contribution < 1.29 is 45.4 Å². The normalized spacial score (nSPS) is 11.2. The molecule has 0 aliphatic rings. The summed E-state index contributed by atoms with van der Waals surface area (Å²) in [5.41, 5.74) is -2.53. The number of nitrogens with zero attached hydrogens (tertiary/aromatic N) is 11. The summed E-state index contributed by atoms with van der Waals surface area (Å²) in [4.78, 5) is 83.0. The third kappa shape index (κ3) is 13.2. The molecule has 394 valence electrons. The standard InChI is InChI=1S/C22H22N6O2.C15H10F3N3O5S.C14H11N3O3/c1-27(2)18-10-8-16(9-11-18)12-24-20-19-13-23-15-25-21(19)28(22(29)26-20)30-14-17-6-4-3-5-7-17;16-15(17,18)27(23,24)26-12-6-13(22)21(14-11(12)7-19-9-20-14)25-8-10-4-2-1-3-5-10;18-12-6-13(19)17(14-11(12)7-15-9-16-14)20-8-10-4-2-1-3-5-10/h3-11,13,15H,12,14H2,1-2H3,(H,24,26,29);1-7,9H,8H2;1-7,9,18H,8H2. The summed E-state index contributed by atoms with van der Waals surface area (Å²) in [5.74, 6) is -0.593. The van der Waals surface area contributed by atoms with E-state index >= 15 is 0 Å². The topological polar surface area (TPSA) is 263 Å². The number of fused-ring (bicyclic) bond motifs is 3. The van der Waals surface area contributed by atoms with Gasteiger partial charge in [0, 0.05) is 51.0 Å². The van der Waals surface area contributed by atoms with Crippen molar-refractivity contribution in [3.8, 4) is 11.5 Å². The molecule has 77 heavy (non-hydrogen) atoms. The van der Waals surface area contributed by atoms with Gasteiger partial charge in [-0.3, -0.25) is 9.59 Å². The van der Waals surface area contributed by atoms with Gasteiger partial charge < -0.3 is 34.0 Å². The molecule has 6 heterocycles. The lowest BCUT2D eigenvalue weighted by molar-refractivity contribution is -0.0499. The second-order valence-corrected chi connectivity index (χ2v) is 17.8. The monoisotopic (exact) mass is 1070 g/mol. The average molecular weight is 1070 g/mol. The maximum Gasteiger partial charge on any atom is 0.534 e. The molecule has 0 fully saturated rings. The Morgan fingerprint density at radius 3 is 1.52 bits per heavy atom. The summed E-state index contributed by atoms with van der Waals surface area (Å²) >= 11 is 0. The Bertz CT molecular complexity index is 3940. The molecule has 0 aliphatic heterocycles. The molecule has 0 aliphatic carbocycles. The smallest absolute Gasteiger partial charge is 0.507 e. The molecule has 6 aromatic heterocycles. The minimum atomic E-state index is -5.97. The van der Waals surface area contributed by atoms with Gasteiger partial charge in [-0.2, -0.15) is 26.6 Å². The van der Waals surface area contributed by atoms with Crippen LogP contribution in [0.5, 0.6) is 11.5 Å². The van der Waals surface area contributed by atoms with Crippen LogP contribution in [0, 0.1) is 0 Å². The first-order valence-electron chi connectivity index (χ1n) is 22.7. The molecule has 2 N–H and O–H groups in total. The quantitative estimate of drug-likeness (QED) is 0.0978. The first-order chi connectivity index (χ1) is 37.1. The van der Waals surface area contributed by atoms with Gasteiger partial charge in [-0.25, -0.2) is 34.7 Å². The molecule has 0 saturated heterocycles. The summed E-state index contributed by atoms with van der Waals surface area (Å²) in [6.45, 7) is 0.928. The number of anilines is 2. The Kier molecular flexibility index (Phi) is 16.6. The van der Waals surface area contributed by atoms with Gasteiger partial charge in [-0.1, -0.05) is 103 Å². The number of benzene rings is 4. The number of hydrogen-bond acceptors (Lipinski definition) is 19. The molecule has 0 saturated carbocycles. The summed E-state index contributed by atoms with van der Waals surface area (Å²) in [6.07, 6.45) is 7.75. The SMILES string of the molecule is CN(C)c1ccc(CNc2nc(=O)n(OCc3ccccc3)c3ncncc23)cc1.O=c1cc(O)c2cncnc2n1OCc1ccccc1.O=c1cc(OS(=O)(=O)C(F)(F)F)c2cncnc2n1OCc1ccccc1. The molecule has 0 spiro atoms. The van der Waals surface area contributed by atoms with Crippen molar-refractivity contribution in [1.29, 1.82) is 0 Å². The third-order valence-corrected chi connectivity index (χ3v) is 11.7. The van der Waals surface area contributed by atoms with E-state index in [2.05, 4.69) is 44.4 Å². The van der Waals surface area contributed by atoms with Gasteiger partial charge in [-0.05, 0) is 34.4 Å². The number of halogens is 3. The van der Waals surface area contributed by atoms with E-state index < -0.39 is 38.2 Å². The first-order valence-corrected chi connectivity index (χ1v) is 24.1.